The molecule has 1 aliphatic rings. The molecule has 0 atom stereocenters. The fourth-order valence-corrected chi connectivity index (χ4v) is 2.43. The minimum absolute atomic E-state index is 0.166. The van der Waals surface area contributed by atoms with E-state index in [0.29, 0.717) is 0 Å². The molecule has 19 heavy (non-hydrogen) atoms. The molecule has 1 saturated heterocycles. The molecule has 7 heteroatoms. The number of imide groups is 1. The first-order chi connectivity index (χ1) is 9.02. The Bertz CT molecular complexity index is 576. The van der Waals surface area contributed by atoms with Gasteiger partial charge in [0.05, 0.1) is 7.11 Å². The molecule has 0 saturated carbocycles. The summed E-state index contributed by atoms with van der Waals surface area (Å²) in [4.78, 5) is 36.4. The molecular weight excluding hydrogens is 268 g/mol. The van der Waals surface area contributed by atoms with Crippen LogP contribution in [-0.2, 0) is 14.3 Å². The highest BCUT2D eigenvalue weighted by Gasteiger charge is 2.35. The number of aryl methyl sites for hydroxylation is 1. The van der Waals surface area contributed by atoms with E-state index in [2.05, 4.69) is 10.1 Å². The van der Waals surface area contributed by atoms with Crippen LogP contribution in [-0.4, -0.2) is 36.5 Å². The quantitative estimate of drug-likeness (QED) is 0.511. The lowest BCUT2D eigenvalue weighted by Gasteiger charge is -2.08. The number of ether oxygens (including phenoxy) is 1. The van der Waals surface area contributed by atoms with Crippen molar-refractivity contribution < 1.29 is 19.1 Å². The second-order valence-corrected chi connectivity index (χ2v) is 4.87. The van der Waals surface area contributed by atoms with Crippen LogP contribution >= 0.6 is 11.3 Å². The summed E-state index contributed by atoms with van der Waals surface area (Å²) < 4.78 is 4.44. The van der Waals surface area contributed by atoms with E-state index in [-0.39, 0.29) is 12.2 Å². The third-order valence-electron chi connectivity index (χ3n) is 2.65. The number of hydrogen-bond donors (Lipinski definition) is 1. The molecule has 3 amide bonds. The van der Waals surface area contributed by atoms with E-state index < -0.39 is 17.9 Å². The smallest absolute Gasteiger partial charge is 0.329 e. The zero-order chi connectivity index (χ0) is 14.0. The fourth-order valence-electron chi connectivity index (χ4n) is 1.57. The van der Waals surface area contributed by atoms with Gasteiger partial charge in [-0.05, 0) is 30.0 Å². The molecule has 1 fully saturated rings. The minimum atomic E-state index is -0.642. The number of carbonyl (C=O) groups is 3. The molecule has 1 N–H and O–H groups in total. The van der Waals surface area contributed by atoms with E-state index in [9.17, 15) is 14.4 Å². The van der Waals surface area contributed by atoms with Crippen LogP contribution in [0, 0.1) is 6.92 Å². The predicted octanol–water partition coefficient (Wildman–Crippen LogP) is 1.12. The lowest BCUT2D eigenvalue weighted by molar-refractivity contribution is -0.143. The number of urea groups is 1. The third-order valence-corrected chi connectivity index (χ3v) is 3.62. The summed E-state index contributed by atoms with van der Waals surface area (Å²) in [6.45, 7) is 1.53. The number of rotatable bonds is 3. The number of carbonyl (C=O) groups excluding carboxylic acids is 3. The van der Waals surface area contributed by atoms with Crippen LogP contribution in [0.2, 0.25) is 0 Å². The number of methoxy groups -OCH3 is 1. The Labute approximate surface area is 113 Å². The number of hydrogen-bond acceptors (Lipinski definition) is 5. The first-order valence-electron chi connectivity index (χ1n) is 5.48. The van der Waals surface area contributed by atoms with Crippen molar-refractivity contribution in [2.75, 3.05) is 13.7 Å². The summed E-state index contributed by atoms with van der Waals surface area (Å²) >= 11 is 1.47. The first kappa shape index (κ1) is 13.3. The van der Waals surface area contributed by atoms with Crippen LogP contribution in [0.4, 0.5) is 4.79 Å². The summed E-state index contributed by atoms with van der Waals surface area (Å²) in [5.41, 5.74) is 1.19. The molecule has 100 valence electrons. The van der Waals surface area contributed by atoms with E-state index in [0.717, 1.165) is 15.3 Å². The molecule has 0 radical (unpaired) electrons. The Morgan fingerprint density at radius 1 is 1.53 bits per heavy atom. The zero-order valence-electron chi connectivity index (χ0n) is 10.4. The number of nitrogens with zero attached hydrogens (tertiary/aromatic N) is 1. The van der Waals surface area contributed by atoms with Crippen molar-refractivity contribution in [3.05, 3.63) is 27.6 Å². The Morgan fingerprint density at radius 3 is 2.84 bits per heavy atom. The van der Waals surface area contributed by atoms with Crippen molar-refractivity contribution in [3.63, 3.8) is 0 Å². The molecule has 1 aliphatic heterocycles. The molecule has 0 aromatic carbocycles. The summed E-state index contributed by atoms with van der Waals surface area (Å²) in [6.07, 6.45) is 1.61. The average Bonchev–Trinajstić information content (AvgIpc) is 2.89. The van der Waals surface area contributed by atoms with E-state index in [1.165, 1.54) is 18.4 Å². The highest BCUT2D eigenvalue weighted by atomic mass is 32.1. The summed E-state index contributed by atoms with van der Waals surface area (Å²) in [7, 11) is 1.20. The SMILES string of the molecule is COC(=O)CN1C(=O)N/C(=C/c2sccc2C)C1=O. The van der Waals surface area contributed by atoms with Crippen LogP contribution in [0.25, 0.3) is 6.08 Å². The van der Waals surface area contributed by atoms with Gasteiger partial charge in [-0.3, -0.25) is 9.59 Å². The molecule has 0 aliphatic carbocycles. The average molecular weight is 280 g/mol. The molecule has 1 aromatic rings. The van der Waals surface area contributed by atoms with Crippen molar-refractivity contribution in [3.8, 4) is 0 Å². The van der Waals surface area contributed by atoms with Crippen molar-refractivity contribution >= 4 is 35.3 Å². The molecule has 2 heterocycles. The third kappa shape index (κ3) is 2.65. The normalized spacial score (nSPS) is 16.9. The van der Waals surface area contributed by atoms with Gasteiger partial charge in [-0.15, -0.1) is 11.3 Å². The molecule has 6 nitrogen and oxygen atoms in total. The van der Waals surface area contributed by atoms with Gasteiger partial charge in [-0.1, -0.05) is 0 Å². The van der Waals surface area contributed by atoms with E-state index >= 15 is 0 Å². The maximum atomic E-state index is 12.0. The zero-order valence-corrected chi connectivity index (χ0v) is 11.2. The lowest BCUT2D eigenvalue weighted by Crippen LogP contribution is -2.36. The van der Waals surface area contributed by atoms with Crippen molar-refractivity contribution in [2.45, 2.75) is 6.92 Å². The molecule has 0 bridgehead atoms. The van der Waals surface area contributed by atoms with E-state index in [4.69, 9.17) is 0 Å². The first-order valence-corrected chi connectivity index (χ1v) is 6.36. The summed E-state index contributed by atoms with van der Waals surface area (Å²) in [5.74, 6) is -1.17. The fraction of sp³-hybridized carbons (Fsp3) is 0.250. The summed E-state index contributed by atoms with van der Waals surface area (Å²) in [6, 6.07) is 1.31. The molecular formula is C12H12N2O4S. The topological polar surface area (TPSA) is 75.7 Å². The number of esters is 1. The van der Waals surface area contributed by atoms with Gasteiger partial charge in [0.25, 0.3) is 5.91 Å². The van der Waals surface area contributed by atoms with Crippen LogP contribution in [0.15, 0.2) is 17.1 Å². The maximum Gasteiger partial charge on any atom is 0.329 e. The highest BCUT2D eigenvalue weighted by molar-refractivity contribution is 7.11. The van der Waals surface area contributed by atoms with Crippen LogP contribution in [0.5, 0.6) is 0 Å². The van der Waals surface area contributed by atoms with Crippen molar-refractivity contribution in [1.29, 1.82) is 0 Å². The monoisotopic (exact) mass is 280 g/mol. The number of nitrogens with one attached hydrogen (secondary N) is 1. The van der Waals surface area contributed by atoms with E-state index in [1.54, 1.807) is 6.08 Å². The van der Waals surface area contributed by atoms with Gasteiger partial charge in [0.15, 0.2) is 0 Å². The second kappa shape index (κ2) is 5.23. The number of amides is 3. The van der Waals surface area contributed by atoms with Gasteiger partial charge in [-0.2, -0.15) is 0 Å². The second-order valence-electron chi connectivity index (χ2n) is 3.92. The van der Waals surface area contributed by atoms with Crippen molar-refractivity contribution in [2.24, 2.45) is 0 Å². The Morgan fingerprint density at radius 2 is 2.26 bits per heavy atom. The maximum absolute atomic E-state index is 12.0. The van der Waals surface area contributed by atoms with Crippen LogP contribution in [0.3, 0.4) is 0 Å². The summed E-state index contributed by atoms with van der Waals surface area (Å²) in [5, 5.41) is 4.34. The molecule has 0 spiro atoms. The van der Waals surface area contributed by atoms with Gasteiger partial charge in [0.1, 0.15) is 12.2 Å². The van der Waals surface area contributed by atoms with Gasteiger partial charge in [0.2, 0.25) is 0 Å². The highest BCUT2D eigenvalue weighted by Crippen LogP contribution is 2.21. The minimum Gasteiger partial charge on any atom is -0.468 e. The lowest BCUT2D eigenvalue weighted by atomic mass is 10.2. The standard InChI is InChI=1S/C12H12N2O4S/c1-7-3-4-19-9(7)5-8-11(16)14(12(17)13-8)6-10(15)18-2/h3-5H,6H2,1-2H3,(H,13,17)/b8-5+. The Kier molecular flexibility index (Phi) is 3.66. The van der Waals surface area contributed by atoms with Crippen molar-refractivity contribution in [1.82, 2.24) is 10.2 Å². The number of thiophene rings is 1. The van der Waals surface area contributed by atoms with Gasteiger partial charge >= 0.3 is 12.0 Å². The van der Waals surface area contributed by atoms with Crippen LogP contribution in [0.1, 0.15) is 10.4 Å². The molecule has 2 rings (SSSR count). The van der Waals surface area contributed by atoms with Gasteiger partial charge in [0, 0.05) is 4.88 Å². The largest absolute Gasteiger partial charge is 0.468 e. The molecule has 1 aromatic heterocycles. The Balaban J connectivity index is 2.21. The van der Waals surface area contributed by atoms with Gasteiger partial charge < -0.3 is 10.1 Å². The van der Waals surface area contributed by atoms with Crippen LogP contribution < -0.4 is 5.32 Å². The van der Waals surface area contributed by atoms with Gasteiger partial charge in [-0.25, -0.2) is 9.69 Å². The molecule has 0 unspecified atom stereocenters. The van der Waals surface area contributed by atoms with E-state index in [1.807, 2.05) is 18.4 Å². The Hall–Kier alpha value is -2.15. The predicted molar refractivity (Wildman–Crippen MR) is 69.3 cm³/mol.